The van der Waals surface area contributed by atoms with Gasteiger partial charge < -0.3 is 10.1 Å². The first-order valence-electron chi connectivity index (χ1n) is 5.48. The molecule has 92 valence electrons. The minimum Gasteiger partial charge on any atom is -0.483 e. The van der Waals surface area contributed by atoms with Crippen molar-refractivity contribution in [2.75, 3.05) is 13.1 Å². The van der Waals surface area contributed by atoms with Gasteiger partial charge >= 0.3 is 5.69 Å². The van der Waals surface area contributed by atoms with Crippen LogP contribution >= 0.6 is 22.6 Å². The van der Waals surface area contributed by atoms with Crippen molar-refractivity contribution in [3.63, 3.8) is 0 Å². The smallest absolute Gasteiger partial charge is 0.311 e. The molecule has 0 aromatic heterocycles. The van der Waals surface area contributed by atoms with Gasteiger partial charge in [0.2, 0.25) is 0 Å². The lowest BCUT2D eigenvalue weighted by atomic mass is 10.1. The van der Waals surface area contributed by atoms with Gasteiger partial charge in [-0.25, -0.2) is 0 Å². The normalized spacial score (nSPS) is 16.8. The topological polar surface area (TPSA) is 64.4 Å². The number of rotatable bonds is 3. The molecule has 0 amide bonds. The van der Waals surface area contributed by atoms with E-state index in [2.05, 4.69) is 27.9 Å². The largest absolute Gasteiger partial charge is 0.483 e. The van der Waals surface area contributed by atoms with E-state index in [0.29, 0.717) is 5.75 Å². The summed E-state index contributed by atoms with van der Waals surface area (Å²) in [5.74, 6) is 0.377. The van der Waals surface area contributed by atoms with Crippen LogP contribution in [0.25, 0.3) is 0 Å². The first-order chi connectivity index (χ1) is 8.16. The molecular formula is C11H13IN2O3. The summed E-state index contributed by atoms with van der Waals surface area (Å²) < 4.78 is 6.56. The van der Waals surface area contributed by atoms with Crippen LogP contribution in [0.2, 0.25) is 0 Å². The second-order valence-electron chi connectivity index (χ2n) is 3.94. The van der Waals surface area contributed by atoms with Crippen LogP contribution in [0.3, 0.4) is 0 Å². The summed E-state index contributed by atoms with van der Waals surface area (Å²) in [6.07, 6.45) is 1.86. The maximum Gasteiger partial charge on any atom is 0.311 e. The Morgan fingerprint density at radius 2 is 2.12 bits per heavy atom. The molecule has 1 N–H and O–H groups in total. The predicted molar refractivity (Wildman–Crippen MR) is 72.3 cm³/mol. The molecule has 1 aliphatic rings. The molecule has 0 spiro atoms. The summed E-state index contributed by atoms with van der Waals surface area (Å²) in [6, 6.07) is 5.04. The third kappa shape index (κ3) is 3.29. The predicted octanol–water partition coefficient (Wildman–Crippen LogP) is 2.33. The minimum atomic E-state index is -0.390. The van der Waals surface area contributed by atoms with E-state index in [1.165, 1.54) is 6.07 Å². The van der Waals surface area contributed by atoms with Crippen LogP contribution in [-0.2, 0) is 0 Å². The SMILES string of the molecule is O=[N+]([O-])c1cc(I)ccc1OC1CCNCC1. The number of halogens is 1. The summed E-state index contributed by atoms with van der Waals surface area (Å²) >= 11 is 2.06. The van der Waals surface area contributed by atoms with E-state index in [-0.39, 0.29) is 11.8 Å². The summed E-state index contributed by atoms with van der Waals surface area (Å²) in [7, 11) is 0. The first-order valence-corrected chi connectivity index (χ1v) is 6.56. The van der Waals surface area contributed by atoms with Crippen molar-refractivity contribution in [1.29, 1.82) is 0 Å². The van der Waals surface area contributed by atoms with Crippen LogP contribution in [0.4, 0.5) is 5.69 Å². The summed E-state index contributed by atoms with van der Waals surface area (Å²) in [5, 5.41) is 14.2. The lowest BCUT2D eigenvalue weighted by Gasteiger charge is -2.23. The standard InChI is InChI=1S/C11H13IN2O3/c12-8-1-2-11(10(7-8)14(15)16)17-9-3-5-13-6-4-9/h1-2,7,9,13H,3-6H2. The molecule has 0 aliphatic carbocycles. The first kappa shape index (κ1) is 12.6. The highest BCUT2D eigenvalue weighted by atomic mass is 127. The third-order valence-electron chi connectivity index (χ3n) is 2.70. The van der Waals surface area contributed by atoms with E-state index >= 15 is 0 Å². The lowest BCUT2D eigenvalue weighted by Crippen LogP contribution is -2.34. The molecule has 1 saturated heterocycles. The molecule has 2 rings (SSSR count). The maximum atomic E-state index is 10.9. The van der Waals surface area contributed by atoms with Crippen molar-refractivity contribution in [3.05, 3.63) is 31.9 Å². The Balaban J connectivity index is 2.16. The van der Waals surface area contributed by atoms with E-state index in [4.69, 9.17) is 4.74 Å². The van der Waals surface area contributed by atoms with Crippen molar-refractivity contribution in [2.24, 2.45) is 0 Å². The number of nitro benzene ring substituents is 1. The molecule has 0 bridgehead atoms. The van der Waals surface area contributed by atoms with Crippen molar-refractivity contribution >= 4 is 28.3 Å². The van der Waals surface area contributed by atoms with Crippen molar-refractivity contribution < 1.29 is 9.66 Å². The quantitative estimate of drug-likeness (QED) is 0.517. The van der Waals surface area contributed by atoms with Gasteiger partial charge in [-0.3, -0.25) is 10.1 Å². The number of piperidine rings is 1. The second-order valence-corrected chi connectivity index (χ2v) is 5.18. The van der Waals surface area contributed by atoms with Crippen molar-refractivity contribution in [3.8, 4) is 5.75 Å². The minimum absolute atomic E-state index is 0.0513. The van der Waals surface area contributed by atoms with Gasteiger partial charge in [-0.15, -0.1) is 0 Å². The van der Waals surface area contributed by atoms with Gasteiger partial charge in [0.1, 0.15) is 6.10 Å². The molecule has 17 heavy (non-hydrogen) atoms. The van der Waals surface area contributed by atoms with Crippen LogP contribution in [0.15, 0.2) is 18.2 Å². The van der Waals surface area contributed by atoms with Crippen LogP contribution < -0.4 is 10.1 Å². The fraction of sp³-hybridized carbons (Fsp3) is 0.455. The summed E-state index contributed by atoms with van der Waals surface area (Å²) in [4.78, 5) is 10.5. The number of nitrogens with zero attached hydrogens (tertiary/aromatic N) is 1. The van der Waals surface area contributed by atoms with Gasteiger partial charge in [-0.05, 0) is 60.7 Å². The molecule has 5 nitrogen and oxygen atoms in total. The Morgan fingerprint density at radius 3 is 2.76 bits per heavy atom. The Bertz CT molecular complexity index is 419. The Morgan fingerprint density at radius 1 is 1.41 bits per heavy atom. The molecule has 6 heteroatoms. The van der Waals surface area contributed by atoms with Gasteiger partial charge in [-0.2, -0.15) is 0 Å². The number of hydrogen-bond donors (Lipinski definition) is 1. The third-order valence-corrected chi connectivity index (χ3v) is 3.37. The second kappa shape index (κ2) is 5.63. The van der Waals surface area contributed by atoms with Crippen LogP contribution in [-0.4, -0.2) is 24.1 Å². The van der Waals surface area contributed by atoms with E-state index in [0.717, 1.165) is 29.5 Å². The lowest BCUT2D eigenvalue weighted by molar-refractivity contribution is -0.386. The molecule has 0 unspecified atom stereocenters. The summed E-state index contributed by atoms with van der Waals surface area (Å²) in [6.45, 7) is 1.81. The Hall–Kier alpha value is -0.890. The van der Waals surface area contributed by atoms with E-state index in [9.17, 15) is 10.1 Å². The maximum absolute atomic E-state index is 10.9. The highest BCUT2D eigenvalue weighted by Crippen LogP contribution is 2.30. The molecule has 1 heterocycles. The highest BCUT2D eigenvalue weighted by molar-refractivity contribution is 14.1. The van der Waals surface area contributed by atoms with Gasteiger partial charge in [-0.1, -0.05) is 0 Å². The zero-order valence-electron chi connectivity index (χ0n) is 9.19. The van der Waals surface area contributed by atoms with E-state index < -0.39 is 4.92 Å². The average Bonchev–Trinajstić information content (AvgIpc) is 2.32. The number of nitro groups is 1. The Labute approximate surface area is 113 Å². The Kier molecular flexibility index (Phi) is 4.16. The van der Waals surface area contributed by atoms with Crippen molar-refractivity contribution in [2.45, 2.75) is 18.9 Å². The molecule has 0 atom stereocenters. The van der Waals surface area contributed by atoms with Crippen LogP contribution in [0.1, 0.15) is 12.8 Å². The average molecular weight is 348 g/mol. The molecule has 0 saturated carbocycles. The summed E-state index contributed by atoms with van der Waals surface area (Å²) in [5.41, 5.74) is 0.0513. The van der Waals surface area contributed by atoms with E-state index in [1.807, 2.05) is 6.07 Å². The van der Waals surface area contributed by atoms with Crippen LogP contribution in [0.5, 0.6) is 5.75 Å². The molecular weight excluding hydrogens is 335 g/mol. The van der Waals surface area contributed by atoms with Gasteiger partial charge in [0.25, 0.3) is 0 Å². The molecule has 1 aromatic rings. The molecule has 1 aliphatic heterocycles. The fourth-order valence-electron chi connectivity index (χ4n) is 1.83. The fourth-order valence-corrected chi connectivity index (χ4v) is 2.30. The zero-order valence-corrected chi connectivity index (χ0v) is 11.3. The zero-order chi connectivity index (χ0) is 12.3. The number of ether oxygens (including phenoxy) is 1. The molecule has 1 aromatic carbocycles. The van der Waals surface area contributed by atoms with E-state index in [1.54, 1.807) is 6.07 Å². The molecule has 0 radical (unpaired) electrons. The molecule has 1 fully saturated rings. The monoisotopic (exact) mass is 348 g/mol. The van der Waals surface area contributed by atoms with Gasteiger partial charge in [0.15, 0.2) is 5.75 Å². The number of benzene rings is 1. The number of hydrogen-bond acceptors (Lipinski definition) is 4. The van der Waals surface area contributed by atoms with Gasteiger partial charge in [0, 0.05) is 9.64 Å². The van der Waals surface area contributed by atoms with Crippen molar-refractivity contribution in [1.82, 2.24) is 5.32 Å². The number of nitrogens with one attached hydrogen (secondary N) is 1. The van der Waals surface area contributed by atoms with Crippen LogP contribution in [0, 0.1) is 13.7 Å². The van der Waals surface area contributed by atoms with Gasteiger partial charge in [0.05, 0.1) is 4.92 Å². The highest BCUT2D eigenvalue weighted by Gasteiger charge is 2.20.